The van der Waals surface area contributed by atoms with Gasteiger partial charge in [-0.2, -0.15) is 17.7 Å². The molecule has 0 bridgehead atoms. The van der Waals surface area contributed by atoms with E-state index in [0.29, 0.717) is 22.9 Å². The molecule has 0 aliphatic heterocycles. The van der Waals surface area contributed by atoms with Crippen LogP contribution >= 0.6 is 0 Å². The van der Waals surface area contributed by atoms with Crippen LogP contribution in [0.2, 0.25) is 0 Å². The second-order valence-corrected chi connectivity index (χ2v) is 6.23. The van der Waals surface area contributed by atoms with Crippen LogP contribution in [0.15, 0.2) is 36.4 Å². The van der Waals surface area contributed by atoms with E-state index in [1.54, 1.807) is 35.7 Å². The van der Waals surface area contributed by atoms with E-state index in [4.69, 9.17) is 9.90 Å². The number of carbonyl (C=O) groups is 1. The smallest absolute Gasteiger partial charge is 0.475 e. The second-order valence-electron chi connectivity index (χ2n) is 6.23. The van der Waals surface area contributed by atoms with Crippen molar-refractivity contribution in [2.45, 2.75) is 38.6 Å². The van der Waals surface area contributed by atoms with Crippen LogP contribution in [0.5, 0.6) is 0 Å². The number of rotatable bonds is 5. The van der Waals surface area contributed by atoms with Crippen molar-refractivity contribution in [2.24, 2.45) is 0 Å². The molecule has 2 heterocycles. The zero-order chi connectivity index (χ0) is 22.5. The van der Waals surface area contributed by atoms with Crippen molar-refractivity contribution in [1.82, 2.24) is 19.8 Å². The SMILES string of the molecule is CCC(Nc1ccc2nnc(-c3cccc(F)c3)n2n1)C(C)O.O=C(O)C(F)(F)F. The predicted octanol–water partition coefficient (Wildman–Crippen LogP) is 3.14. The highest BCUT2D eigenvalue weighted by Gasteiger charge is 2.38. The largest absolute Gasteiger partial charge is 0.490 e. The van der Waals surface area contributed by atoms with Gasteiger partial charge in [-0.15, -0.1) is 15.3 Å². The van der Waals surface area contributed by atoms with E-state index in [-0.39, 0.29) is 11.9 Å². The van der Waals surface area contributed by atoms with Crippen LogP contribution in [0.25, 0.3) is 17.0 Å². The first kappa shape index (κ1) is 23.0. The lowest BCUT2D eigenvalue weighted by molar-refractivity contribution is -0.192. The Morgan fingerprint density at radius 1 is 1.23 bits per heavy atom. The normalized spacial score (nSPS) is 13.3. The van der Waals surface area contributed by atoms with Crippen LogP contribution in [0, 0.1) is 5.82 Å². The van der Waals surface area contributed by atoms with Gasteiger partial charge in [-0.3, -0.25) is 0 Å². The Hall–Kier alpha value is -3.28. The summed E-state index contributed by atoms with van der Waals surface area (Å²) in [5.41, 5.74) is 1.17. The first-order valence-corrected chi connectivity index (χ1v) is 8.76. The maximum Gasteiger partial charge on any atom is 0.490 e. The number of aliphatic hydroxyl groups is 1. The molecule has 1 aromatic carbocycles. The molecule has 3 aromatic rings. The number of benzene rings is 1. The van der Waals surface area contributed by atoms with Gasteiger partial charge in [0.1, 0.15) is 11.6 Å². The van der Waals surface area contributed by atoms with Gasteiger partial charge in [0.2, 0.25) is 0 Å². The van der Waals surface area contributed by atoms with Crippen LogP contribution in [0.3, 0.4) is 0 Å². The lowest BCUT2D eigenvalue weighted by Crippen LogP contribution is -2.31. The molecule has 2 unspecified atom stereocenters. The van der Waals surface area contributed by atoms with Crippen molar-refractivity contribution in [3.05, 3.63) is 42.2 Å². The van der Waals surface area contributed by atoms with Crippen molar-refractivity contribution in [3.8, 4) is 11.4 Å². The predicted molar refractivity (Wildman–Crippen MR) is 99.2 cm³/mol. The molecular weight excluding hydrogens is 410 g/mol. The summed E-state index contributed by atoms with van der Waals surface area (Å²) in [4.78, 5) is 8.90. The number of alkyl halides is 3. The molecule has 0 radical (unpaired) electrons. The number of hydrogen-bond acceptors (Lipinski definition) is 6. The van der Waals surface area contributed by atoms with E-state index in [1.807, 2.05) is 6.92 Å². The van der Waals surface area contributed by atoms with Crippen molar-refractivity contribution < 1.29 is 32.6 Å². The molecule has 0 fully saturated rings. The van der Waals surface area contributed by atoms with Gasteiger partial charge in [0.25, 0.3) is 0 Å². The van der Waals surface area contributed by atoms with Crippen molar-refractivity contribution >= 4 is 17.4 Å². The molecule has 0 saturated carbocycles. The Bertz CT molecular complexity index is 1010. The van der Waals surface area contributed by atoms with Gasteiger partial charge < -0.3 is 15.5 Å². The number of halogens is 4. The second kappa shape index (κ2) is 9.48. The standard InChI is InChI=1S/C16H18FN5O.C2HF3O2/c1-3-13(10(2)23)18-14-7-8-15-19-20-16(22(15)21-14)11-5-4-6-12(17)9-11;3-2(4,5)1(6)7/h4-10,13,23H,3H2,1-2H3,(H,18,21);(H,6,7). The number of carboxylic acids is 1. The molecule has 2 aromatic heterocycles. The number of anilines is 1. The molecule has 30 heavy (non-hydrogen) atoms. The Kier molecular flexibility index (Phi) is 7.27. The molecule has 0 aliphatic carbocycles. The van der Waals surface area contributed by atoms with Crippen LogP contribution in [0.1, 0.15) is 20.3 Å². The Balaban J connectivity index is 0.000000396. The third-order valence-electron chi connectivity index (χ3n) is 3.94. The monoisotopic (exact) mass is 429 g/mol. The fraction of sp³-hybridized carbons (Fsp3) is 0.333. The first-order chi connectivity index (χ1) is 14.0. The maximum absolute atomic E-state index is 13.4. The summed E-state index contributed by atoms with van der Waals surface area (Å²) >= 11 is 0. The summed E-state index contributed by atoms with van der Waals surface area (Å²) in [6.07, 6.45) is -4.82. The van der Waals surface area contributed by atoms with Crippen molar-refractivity contribution in [2.75, 3.05) is 5.32 Å². The molecule has 2 atom stereocenters. The first-order valence-electron chi connectivity index (χ1n) is 8.76. The summed E-state index contributed by atoms with van der Waals surface area (Å²) in [5.74, 6) is -2.03. The van der Waals surface area contributed by atoms with Gasteiger partial charge in [-0.05, 0) is 37.6 Å². The van der Waals surface area contributed by atoms with Gasteiger partial charge in [0.05, 0.1) is 12.1 Å². The molecule has 8 nitrogen and oxygen atoms in total. The fourth-order valence-electron chi connectivity index (χ4n) is 2.43. The summed E-state index contributed by atoms with van der Waals surface area (Å²) in [6, 6.07) is 9.60. The molecule has 0 spiro atoms. The van der Waals surface area contributed by atoms with E-state index in [9.17, 15) is 22.7 Å². The number of aromatic nitrogens is 4. The van der Waals surface area contributed by atoms with Gasteiger partial charge in [-0.25, -0.2) is 9.18 Å². The van der Waals surface area contributed by atoms with E-state index in [1.165, 1.54) is 12.1 Å². The van der Waals surface area contributed by atoms with Crippen molar-refractivity contribution in [3.63, 3.8) is 0 Å². The molecule has 3 rings (SSSR count). The topological polar surface area (TPSA) is 113 Å². The Morgan fingerprint density at radius 3 is 2.43 bits per heavy atom. The fourth-order valence-corrected chi connectivity index (χ4v) is 2.43. The minimum atomic E-state index is -5.08. The number of nitrogens with zero attached hydrogens (tertiary/aromatic N) is 4. The van der Waals surface area contributed by atoms with Gasteiger partial charge in [0.15, 0.2) is 11.5 Å². The van der Waals surface area contributed by atoms with Crippen LogP contribution in [-0.2, 0) is 4.79 Å². The molecule has 0 aliphatic rings. The highest BCUT2D eigenvalue weighted by molar-refractivity contribution is 5.73. The quantitative estimate of drug-likeness (QED) is 0.534. The number of aliphatic carboxylic acids is 1. The Labute approximate surface area is 168 Å². The van der Waals surface area contributed by atoms with Crippen LogP contribution in [-0.4, -0.2) is 54.3 Å². The van der Waals surface area contributed by atoms with Crippen LogP contribution in [0.4, 0.5) is 23.4 Å². The number of aliphatic hydroxyl groups excluding tert-OH is 1. The number of nitrogens with one attached hydrogen (secondary N) is 1. The molecule has 12 heteroatoms. The lowest BCUT2D eigenvalue weighted by Gasteiger charge is -2.20. The van der Waals surface area contributed by atoms with Gasteiger partial charge >= 0.3 is 12.1 Å². The molecule has 3 N–H and O–H groups in total. The number of fused-ring (bicyclic) bond motifs is 1. The molecule has 162 valence electrons. The average molecular weight is 429 g/mol. The highest BCUT2D eigenvalue weighted by Crippen LogP contribution is 2.20. The minimum absolute atomic E-state index is 0.103. The van der Waals surface area contributed by atoms with Crippen molar-refractivity contribution in [1.29, 1.82) is 0 Å². The average Bonchev–Trinajstić information content (AvgIpc) is 3.08. The summed E-state index contributed by atoms with van der Waals surface area (Å²) in [5, 5.41) is 32.7. The van der Waals surface area contributed by atoms with Crippen LogP contribution < -0.4 is 5.32 Å². The van der Waals surface area contributed by atoms with Gasteiger partial charge in [0, 0.05) is 5.56 Å². The number of carboxylic acid groups (broad SMARTS) is 1. The minimum Gasteiger partial charge on any atom is -0.475 e. The number of hydrogen-bond donors (Lipinski definition) is 3. The van der Waals surface area contributed by atoms with E-state index in [2.05, 4.69) is 20.6 Å². The summed E-state index contributed by atoms with van der Waals surface area (Å²) < 4.78 is 46.7. The van der Waals surface area contributed by atoms with Gasteiger partial charge in [-0.1, -0.05) is 19.1 Å². The third kappa shape index (κ3) is 5.86. The maximum atomic E-state index is 13.4. The molecule has 0 saturated heterocycles. The lowest BCUT2D eigenvalue weighted by atomic mass is 10.1. The summed E-state index contributed by atoms with van der Waals surface area (Å²) in [7, 11) is 0. The zero-order valence-electron chi connectivity index (χ0n) is 15.9. The van der Waals surface area contributed by atoms with E-state index >= 15 is 0 Å². The van der Waals surface area contributed by atoms with E-state index < -0.39 is 18.2 Å². The Morgan fingerprint density at radius 2 is 1.90 bits per heavy atom. The molecule has 0 amide bonds. The third-order valence-corrected chi connectivity index (χ3v) is 3.94. The molecular formula is C18H19F4N5O3. The summed E-state index contributed by atoms with van der Waals surface area (Å²) in [6.45, 7) is 3.72. The van der Waals surface area contributed by atoms with E-state index in [0.717, 1.165) is 6.42 Å². The zero-order valence-corrected chi connectivity index (χ0v) is 15.9. The highest BCUT2D eigenvalue weighted by atomic mass is 19.4.